The number of nitriles is 1. The van der Waals surface area contributed by atoms with Crippen LogP contribution in [-0.4, -0.2) is 21.6 Å². The quantitative estimate of drug-likeness (QED) is 0.852. The van der Waals surface area contributed by atoms with Crippen molar-refractivity contribution in [3.05, 3.63) is 45.1 Å². The molecule has 25 heavy (non-hydrogen) atoms. The summed E-state index contributed by atoms with van der Waals surface area (Å²) in [5, 5.41) is 9.54. The number of aromatic amines is 1. The second-order valence-corrected chi connectivity index (χ2v) is 6.23. The van der Waals surface area contributed by atoms with Crippen LogP contribution in [0.1, 0.15) is 32.1 Å². The Bertz CT molecular complexity index is 938. The summed E-state index contributed by atoms with van der Waals surface area (Å²) in [6.07, 6.45) is 3.01. The van der Waals surface area contributed by atoms with Crippen LogP contribution < -0.4 is 11.2 Å². The molecule has 1 aromatic carbocycles. The van der Waals surface area contributed by atoms with Gasteiger partial charge in [-0.3, -0.25) is 19.1 Å². The SMILES string of the molecule is N#C[C@@H]1CCCC[C@H]1OC(=O)CCn1c(=O)[nH]c(=O)c2ccccc21. The first kappa shape index (κ1) is 17.0. The van der Waals surface area contributed by atoms with Crippen molar-refractivity contribution >= 4 is 16.9 Å². The van der Waals surface area contributed by atoms with Crippen LogP contribution in [0.2, 0.25) is 0 Å². The van der Waals surface area contributed by atoms with Crippen LogP contribution in [0, 0.1) is 17.2 Å². The molecule has 1 aromatic heterocycles. The first-order valence-electron chi connectivity index (χ1n) is 8.41. The number of nitrogens with zero attached hydrogens (tertiary/aromatic N) is 2. The first-order chi connectivity index (χ1) is 12.1. The fourth-order valence-electron chi connectivity index (χ4n) is 3.28. The van der Waals surface area contributed by atoms with Gasteiger partial charge in [0.15, 0.2) is 0 Å². The van der Waals surface area contributed by atoms with E-state index in [9.17, 15) is 14.4 Å². The number of ether oxygens (including phenoxy) is 1. The van der Waals surface area contributed by atoms with E-state index >= 15 is 0 Å². The molecule has 1 fully saturated rings. The molecule has 2 aromatic rings. The van der Waals surface area contributed by atoms with Gasteiger partial charge in [0.2, 0.25) is 0 Å². The van der Waals surface area contributed by atoms with Crippen molar-refractivity contribution < 1.29 is 9.53 Å². The number of H-pyrrole nitrogens is 1. The van der Waals surface area contributed by atoms with Crippen LogP contribution in [0.15, 0.2) is 33.9 Å². The van der Waals surface area contributed by atoms with Gasteiger partial charge in [0, 0.05) is 6.54 Å². The summed E-state index contributed by atoms with van der Waals surface area (Å²) in [7, 11) is 0. The van der Waals surface area contributed by atoms with Crippen molar-refractivity contribution in [1.82, 2.24) is 9.55 Å². The normalized spacial score (nSPS) is 20.1. The largest absolute Gasteiger partial charge is 0.461 e. The second kappa shape index (κ2) is 7.34. The van der Waals surface area contributed by atoms with Crippen LogP contribution in [-0.2, 0) is 16.1 Å². The molecule has 2 atom stereocenters. The number of rotatable bonds is 4. The van der Waals surface area contributed by atoms with Gasteiger partial charge in [0.05, 0.1) is 29.3 Å². The van der Waals surface area contributed by atoms with E-state index in [1.165, 1.54) is 4.57 Å². The minimum absolute atomic E-state index is 0.00456. The average molecular weight is 341 g/mol. The lowest BCUT2D eigenvalue weighted by atomic mass is 9.87. The third-order valence-corrected chi connectivity index (χ3v) is 4.60. The summed E-state index contributed by atoms with van der Waals surface area (Å²) >= 11 is 0. The highest BCUT2D eigenvalue weighted by Crippen LogP contribution is 2.26. The monoisotopic (exact) mass is 341 g/mol. The Labute approximate surface area is 143 Å². The van der Waals surface area contributed by atoms with Crippen LogP contribution in [0.4, 0.5) is 0 Å². The van der Waals surface area contributed by atoms with Crippen LogP contribution in [0.3, 0.4) is 0 Å². The molecule has 0 amide bonds. The summed E-state index contributed by atoms with van der Waals surface area (Å²) < 4.78 is 6.81. The van der Waals surface area contributed by atoms with Crippen molar-refractivity contribution in [1.29, 1.82) is 5.26 Å². The number of nitrogens with one attached hydrogen (secondary N) is 1. The number of esters is 1. The van der Waals surface area contributed by atoms with E-state index in [-0.39, 0.29) is 25.0 Å². The van der Waals surface area contributed by atoms with E-state index in [0.29, 0.717) is 17.3 Å². The molecular weight excluding hydrogens is 322 g/mol. The summed E-state index contributed by atoms with van der Waals surface area (Å²) in [5.41, 5.74) is -0.515. The number of fused-ring (bicyclic) bond motifs is 1. The Balaban J connectivity index is 1.73. The minimum atomic E-state index is -0.552. The van der Waals surface area contributed by atoms with Gasteiger partial charge in [-0.1, -0.05) is 18.6 Å². The van der Waals surface area contributed by atoms with Crippen molar-refractivity contribution in [2.45, 2.75) is 44.8 Å². The molecule has 0 spiro atoms. The highest BCUT2D eigenvalue weighted by molar-refractivity contribution is 5.78. The van der Waals surface area contributed by atoms with Crippen molar-refractivity contribution in [2.24, 2.45) is 5.92 Å². The number of aryl methyl sites for hydroxylation is 1. The molecule has 0 bridgehead atoms. The van der Waals surface area contributed by atoms with E-state index in [0.717, 1.165) is 19.3 Å². The predicted octanol–water partition coefficient (Wildman–Crippen LogP) is 1.71. The molecule has 1 aliphatic rings. The van der Waals surface area contributed by atoms with Gasteiger partial charge in [0.25, 0.3) is 5.56 Å². The molecule has 0 saturated heterocycles. The lowest BCUT2D eigenvalue weighted by Gasteiger charge is -2.26. The summed E-state index contributed by atoms with van der Waals surface area (Å²) in [6, 6.07) is 8.94. The Hall–Kier alpha value is -2.88. The molecule has 0 unspecified atom stereocenters. The molecule has 1 aliphatic carbocycles. The molecule has 7 heteroatoms. The maximum absolute atomic E-state index is 12.1. The Morgan fingerprint density at radius 2 is 2.04 bits per heavy atom. The fourth-order valence-corrected chi connectivity index (χ4v) is 3.28. The van der Waals surface area contributed by atoms with Gasteiger partial charge in [-0.05, 0) is 31.4 Å². The zero-order valence-electron chi connectivity index (χ0n) is 13.7. The maximum atomic E-state index is 12.1. The number of hydrogen-bond donors (Lipinski definition) is 1. The minimum Gasteiger partial charge on any atom is -0.461 e. The molecule has 0 aliphatic heterocycles. The third kappa shape index (κ3) is 3.63. The van der Waals surface area contributed by atoms with Gasteiger partial charge in [-0.25, -0.2) is 4.79 Å². The Morgan fingerprint density at radius 1 is 1.28 bits per heavy atom. The van der Waals surface area contributed by atoms with Crippen molar-refractivity contribution in [3.63, 3.8) is 0 Å². The number of aromatic nitrogens is 2. The van der Waals surface area contributed by atoms with Crippen LogP contribution in [0.25, 0.3) is 10.9 Å². The number of benzene rings is 1. The first-order valence-corrected chi connectivity index (χ1v) is 8.41. The standard InChI is InChI=1S/C18H19N3O4/c19-11-12-5-1-4-8-15(12)25-16(22)9-10-21-14-7-3-2-6-13(14)17(23)20-18(21)24/h2-3,6-7,12,15H,1,4-5,8-10H2,(H,20,23,24)/t12-,15+/m0/s1. The smallest absolute Gasteiger partial charge is 0.328 e. The molecular formula is C18H19N3O4. The van der Waals surface area contributed by atoms with Crippen molar-refractivity contribution in [2.75, 3.05) is 0 Å². The van der Waals surface area contributed by atoms with E-state index in [2.05, 4.69) is 11.1 Å². The highest BCUT2D eigenvalue weighted by Gasteiger charge is 2.28. The molecule has 130 valence electrons. The second-order valence-electron chi connectivity index (χ2n) is 6.23. The maximum Gasteiger partial charge on any atom is 0.328 e. The third-order valence-electron chi connectivity index (χ3n) is 4.60. The fraction of sp³-hybridized carbons (Fsp3) is 0.444. The van der Waals surface area contributed by atoms with E-state index < -0.39 is 17.2 Å². The van der Waals surface area contributed by atoms with Crippen LogP contribution in [0.5, 0.6) is 0 Å². The molecule has 1 saturated carbocycles. The zero-order valence-corrected chi connectivity index (χ0v) is 13.7. The topological polar surface area (TPSA) is 105 Å². The van der Waals surface area contributed by atoms with Gasteiger partial charge in [-0.15, -0.1) is 0 Å². The molecule has 3 rings (SSSR count). The predicted molar refractivity (Wildman–Crippen MR) is 90.9 cm³/mol. The number of hydrogen-bond acceptors (Lipinski definition) is 5. The highest BCUT2D eigenvalue weighted by atomic mass is 16.5. The van der Waals surface area contributed by atoms with Gasteiger partial charge in [-0.2, -0.15) is 5.26 Å². The lowest BCUT2D eigenvalue weighted by Crippen LogP contribution is -2.32. The Morgan fingerprint density at radius 3 is 2.84 bits per heavy atom. The number of carbonyl (C=O) groups is 1. The molecule has 1 N–H and O–H groups in total. The molecule has 0 radical (unpaired) electrons. The zero-order chi connectivity index (χ0) is 17.8. The number of carbonyl (C=O) groups excluding carboxylic acids is 1. The van der Waals surface area contributed by atoms with Crippen molar-refractivity contribution in [3.8, 4) is 6.07 Å². The lowest BCUT2D eigenvalue weighted by molar-refractivity contribution is -0.152. The van der Waals surface area contributed by atoms with Gasteiger partial charge < -0.3 is 4.74 Å². The average Bonchev–Trinajstić information content (AvgIpc) is 2.62. The van der Waals surface area contributed by atoms with E-state index in [1.807, 2.05) is 0 Å². The molecule has 1 heterocycles. The van der Waals surface area contributed by atoms with E-state index in [4.69, 9.17) is 10.00 Å². The molecule has 7 nitrogen and oxygen atoms in total. The number of para-hydroxylation sites is 1. The summed E-state index contributed by atoms with van der Waals surface area (Å²) in [6.45, 7) is 0.110. The van der Waals surface area contributed by atoms with E-state index in [1.54, 1.807) is 24.3 Å². The van der Waals surface area contributed by atoms with Gasteiger partial charge >= 0.3 is 11.7 Å². The Kier molecular flexibility index (Phi) is 4.98. The summed E-state index contributed by atoms with van der Waals surface area (Å²) in [5.74, 6) is -0.691. The van der Waals surface area contributed by atoms with Gasteiger partial charge in [0.1, 0.15) is 6.10 Å². The summed E-state index contributed by atoms with van der Waals surface area (Å²) in [4.78, 5) is 38.3. The van der Waals surface area contributed by atoms with Crippen LogP contribution >= 0.6 is 0 Å².